The Bertz CT molecular complexity index is 1360. The molecule has 4 aromatic rings. The molecule has 2 amide bonds. The van der Waals surface area contributed by atoms with Crippen LogP contribution in [0.1, 0.15) is 22.8 Å². The van der Waals surface area contributed by atoms with Crippen molar-refractivity contribution >= 4 is 11.7 Å². The second-order valence-electron chi connectivity index (χ2n) is 8.01. The maximum absolute atomic E-state index is 12.7. The van der Waals surface area contributed by atoms with Crippen LogP contribution < -0.4 is 11.1 Å². The highest BCUT2D eigenvalue weighted by molar-refractivity contribution is 5.74. The quantitative estimate of drug-likeness (QED) is 0.261. The molecule has 2 aromatic heterocycles. The van der Waals surface area contributed by atoms with Gasteiger partial charge in [0.1, 0.15) is 5.82 Å². The Balaban J connectivity index is 1.38. The van der Waals surface area contributed by atoms with Gasteiger partial charge < -0.3 is 20.9 Å². The highest BCUT2D eigenvalue weighted by atomic mass is 16.6. The largest absolute Gasteiger partial charge is 0.344 e. The number of carbonyl (C=O) groups excluding carboxylic acids is 1. The smallest absolute Gasteiger partial charge is 0.317 e. The molecule has 0 atom stereocenters. The third-order valence-electron chi connectivity index (χ3n) is 5.37. The molecular formula is C23H25N9O3. The van der Waals surface area contributed by atoms with E-state index in [0.29, 0.717) is 35.9 Å². The fraction of sp³-hybridized carbons (Fsp3) is 0.217. The van der Waals surface area contributed by atoms with Crippen LogP contribution in [-0.2, 0) is 19.6 Å². The lowest BCUT2D eigenvalue weighted by Gasteiger charge is -2.17. The Hall–Kier alpha value is -4.58. The molecule has 0 bridgehead atoms. The normalized spacial score (nSPS) is 10.8. The van der Waals surface area contributed by atoms with Crippen molar-refractivity contribution in [2.75, 3.05) is 7.05 Å². The minimum absolute atomic E-state index is 0.00402. The zero-order valence-corrected chi connectivity index (χ0v) is 19.3. The topological polar surface area (TPSA) is 161 Å². The molecular weight excluding hydrogens is 450 g/mol. The van der Waals surface area contributed by atoms with Gasteiger partial charge in [0.15, 0.2) is 0 Å². The van der Waals surface area contributed by atoms with E-state index >= 15 is 0 Å². The monoisotopic (exact) mass is 475 g/mol. The molecule has 12 nitrogen and oxygen atoms in total. The molecule has 0 fully saturated rings. The average molecular weight is 476 g/mol. The molecule has 4 rings (SSSR count). The third kappa shape index (κ3) is 5.50. The summed E-state index contributed by atoms with van der Waals surface area (Å²) in [7, 11) is 1.67. The zero-order valence-electron chi connectivity index (χ0n) is 19.3. The van der Waals surface area contributed by atoms with Crippen molar-refractivity contribution in [2.24, 2.45) is 5.73 Å². The molecule has 35 heavy (non-hydrogen) atoms. The summed E-state index contributed by atoms with van der Waals surface area (Å²) in [5, 5.41) is 22.0. The van der Waals surface area contributed by atoms with Crippen molar-refractivity contribution in [2.45, 2.75) is 26.6 Å². The van der Waals surface area contributed by atoms with Crippen molar-refractivity contribution in [3.63, 3.8) is 0 Å². The first kappa shape index (κ1) is 23.6. The van der Waals surface area contributed by atoms with Crippen LogP contribution in [-0.4, -0.2) is 47.9 Å². The van der Waals surface area contributed by atoms with Crippen LogP contribution in [0.2, 0.25) is 0 Å². The van der Waals surface area contributed by atoms with Gasteiger partial charge in [-0.05, 0) is 24.6 Å². The van der Waals surface area contributed by atoms with E-state index in [0.717, 1.165) is 16.9 Å². The Morgan fingerprint density at radius 3 is 2.80 bits per heavy atom. The number of nitro groups is 1. The van der Waals surface area contributed by atoms with Gasteiger partial charge in [-0.25, -0.2) is 14.5 Å². The Kier molecular flexibility index (Phi) is 6.83. The summed E-state index contributed by atoms with van der Waals surface area (Å²) in [5.74, 6) is 0.575. The minimum Gasteiger partial charge on any atom is -0.344 e. The standard InChI is InChI=1S/C23H25N9O3/c1-15-22(17-6-4-8-20(10-17)32(34)35)27-21(26-15)14-30(2)23(33)25-12-16-5-3-7-19(9-16)31-13-18(11-24)28-29-31/h3-10,13H,11-12,14,24H2,1-2H3,(H,25,33)(H,26,27). The number of nitrogens with two attached hydrogens (primary N) is 1. The first-order chi connectivity index (χ1) is 16.8. The first-order valence-corrected chi connectivity index (χ1v) is 10.8. The summed E-state index contributed by atoms with van der Waals surface area (Å²) in [6.45, 7) is 2.71. The fourth-order valence-electron chi connectivity index (χ4n) is 3.58. The van der Waals surface area contributed by atoms with E-state index in [2.05, 4.69) is 25.6 Å². The second-order valence-corrected chi connectivity index (χ2v) is 8.01. The molecule has 0 aliphatic rings. The van der Waals surface area contributed by atoms with Crippen molar-refractivity contribution in [3.8, 4) is 16.9 Å². The fourth-order valence-corrected chi connectivity index (χ4v) is 3.58. The lowest BCUT2D eigenvalue weighted by Crippen LogP contribution is -2.36. The van der Waals surface area contributed by atoms with Crippen molar-refractivity contribution in [1.82, 2.24) is 35.2 Å². The van der Waals surface area contributed by atoms with Crippen molar-refractivity contribution in [3.05, 3.63) is 87.6 Å². The summed E-state index contributed by atoms with van der Waals surface area (Å²) in [6.07, 6.45) is 1.76. The number of rotatable bonds is 8. The van der Waals surface area contributed by atoms with Crippen LogP contribution in [0, 0.1) is 17.0 Å². The summed E-state index contributed by atoms with van der Waals surface area (Å²) >= 11 is 0. The van der Waals surface area contributed by atoms with E-state index in [1.54, 1.807) is 30.1 Å². The van der Waals surface area contributed by atoms with Gasteiger partial charge in [0, 0.05) is 43.5 Å². The van der Waals surface area contributed by atoms with Gasteiger partial charge in [-0.3, -0.25) is 10.1 Å². The van der Waals surface area contributed by atoms with Gasteiger partial charge in [0.25, 0.3) is 5.69 Å². The van der Waals surface area contributed by atoms with Gasteiger partial charge in [-0.1, -0.05) is 29.5 Å². The number of imidazole rings is 1. The molecule has 12 heteroatoms. The lowest BCUT2D eigenvalue weighted by atomic mass is 10.1. The Morgan fingerprint density at radius 1 is 1.26 bits per heavy atom. The van der Waals surface area contributed by atoms with Crippen LogP contribution in [0.25, 0.3) is 16.9 Å². The highest BCUT2D eigenvalue weighted by Crippen LogP contribution is 2.25. The predicted molar refractivity (Wildman–Crippen MR) is 128 cm³/mol. The van der Waals surface area contributed by atoms with Crippen LogP contribution >= 0.6 is 0 Å². The molecule has 0 spiro atoms. The molecule has 0 aliphatic carbocycles. The predicted octanol–water partition coefficient (Wildman–Crippen LogP) is 2.67. The Labute approximate surface area is 200 Å². The van der Waals surface area contributed by atoms with Gasteiger partial charge in [-0.15, -0.1) is 5.10 Å². The van der Waals surface area contributed by atoms with Crippen molar-refractivity contribution < 1.29 is 9.72 Å². The number of non-ortho nitro benzene ring substituents is 1. The number of nitrogens with zero attached hydrogens (tertiary/aromatic N) is 6. The molecule has 4 N–H and O–H groups in total. The molecule has 0 radical (unpaired) electrons. The van der Waals surface area contributed by atoms with E-state index < -0.39 is 4.92 Å². The van der Waals surface area contributed by atoms with E-state index in [-0.39, 0.29) is 18.3 Å². The number of hydrogen-bond acceptors (Lipinski definition) is 7. The van der Waals surface area contributed by atoms with E-state index in [1.807, 2.05) is 31.2 Å². The molecule has 2 heterocycles. The van der Waals surface area contributed by atoms with Crippen LogP contribution in [0.15, 0.2) is 54.7 Å². The molecule has 0 aliphatic heterocycles. The number of benzene rings is 2. The number of nitrogens with one attached hydrogen (secondary N) is 2. The molecule has 0 unspecified atom stereocenters. The van der Waals surface area contributed by atoms with Crippen LogP contribution in [0.5, 0.6) is 0 Å². The second kappa shape index (κ2) is 10.1. The van der Waals surface area contributed by atoms with Gasteiger partial charge >= 0.3 is 6.03 Å². The Morgan fingerprint density at radius 2 is 2.06 bits per heavy atom. The van der Waals surface area contributed by atoms with Crippen LogP contribution in [0.3, 0.4) is 0 Å². The molecule has 2 aromatic carbocycles. The number of aromatic amines is 1. The van der Waals surface area contributed by atoms with E-state index in [1.165, 1.54) is 17.0 Å². The van der Waals surface area contributed by atoms with E-state index in [4.69, 9.17) is 5.73 Å². The number of hydrogen-bond donors (Lipinski definition) is 3. The first-order valence-electron chi connectivity index (χ1n) is 10.8. The number of carbonyl (C=O) groups is 1. The third-order valence-corrected chi connectivity index (χ3v) is 5.37. The van der Waals surface area contributed by atoms with Gasteiger partial charge in [0.2, 0.25) is 0 Å². The maximum Gasteiger partial charge on any atom is 0.317 e. The number of aryl methyl sites for hydroxylation is 1. The van der Waals surface area contributed by atoms with E-state index in [9.17, 15) is 14.9 Å². The minimum atomic E-state index is -0.441. The number of H-pyrrole nitrogens is 1. The average Bonchev–Trinajstić information content (AvgIpc) is 3.49. The maximum atomic E-state index is 12.7. The molecule has 0 saturated heterocycles. The molecule has 180 valence electrons. The lowest BCUT2D eigenvalue weighted by molar-refractivity contribution is -0.384. The summed E-state index contributed by atoms with van der Waals surface area (Å²) < 4.78 is 1.64. The van der Waals surface area contributed by atoms with Crippen molar-refractivity contribution in [1.29, 1.82) is 0 Å². The SMILES string of the molecule is Cc1[nH]c(CN(C)C(=O)NCc2cccc(-n3cc(CN)nn3)c2)nc1-c1cccc([N+](=O)[O-])c1. The van der Waals surface area contributed by atoms with Gasteiger partial charge in [0.05, 0.1) is 34.7 Å². The van der Waals surface area contributed by atoms with Gasteiger partial charge in [-0.2, -0.15) is 0 Å². The van der Waals surface area contributed by atoms with Crippen LogP contribution in [0.4, 0.5) is 10.5 Å². The number of amides is 2. The number of aromatic nitrogens is 5. The highest BCUT2D eigenvalue weighted by Gasteiger charge is 2.16. The summed E-state index contributed by atoms with van der Waals surface area (Å²) in [6, 6.07) is 13.6. The summed E-state index contributed by atoms with van der Waals surface area (Å²) in [4.78, 5) is 32.5. The summed E-state index contributed by atoms with van der Waals surface area (Å²) in [5.41, 5.74) is 10.00. The number of urea groups is 1. The zero-order chi connectivity index (χ0) is 24.9. The number of nitro benzene ring substituents is 1. The molecule has 0 saturated carbocycles.